The van der Waals surface area contributed by atoms with Crippen LogP contribution >= 0.6 is 23.2 Å². The lowest BCUT2D eigenvalue weighted by molar-refractivity contribution is -0.275. The molecule has 0 aliphatic carbocycles. The zero-order chi connectivity index (χ0) is 23.4. The molecule has 0 saturated heterocycles. The third-order valence-corrected chi connectivity index (χ3v) is 5.07. The number of hydrogen-bond acceptors (Lipinski definition) is 3. The van der Waals surface area contributed by atoms with Gasteiger partial charge in [-0.15, -0.1) is 0 Å². The van der Waals surface area contributed by atoms with Crippen LogP contribution in [0, 0.1) is 5.82 Å². The third kappa shape index (κ3) is 4.03. The van der Waals surface area contributed by atoms with Crippen LogP contribution in [0.25, 0.3) is 0 Å². The van der Waals surface area contributed by atoms with Crippen molar-refractivity contribution in [3.05, 3.63) is 68.4 Å². The summed E-state index contributed by atoms with van der Waals surface area (Å²) in [6, 6.07) is 3.09. The molecule has 0 aromatic heterocycles. The van der Waals surface area contributed by atoms with Crippen LogP contribution in [0.3, 0.4) is 0 Å². The highest BCUT2D eigenvalue weighted by Gasteiger charge is 2.62. The van der Waals surface area contributed by atoms with E-state index in [0.717, 1.165) is 6.07 Å². The SMILES string of the molecule is O=C(O)c1ccc(C2=NOC(c3cc(Cl)c(F)c(Cl)c3)(C(F)(F)F)C2)cc1C(F)(F)F. The fourth-order valence-corrected chi connectivity index (χ4v) is 3.48. The number of carboxylic acids is 1. The number of carboxylic acid groups (broad SMARTS) is 1. The number of oxime groups is 1. The fraction of sp³-hybridized carbons (Fsp3) is 0.222. The summed E-state index contributed by atoms with van der Waals surface area (Å²) in [5, 5.41) is 10.8. The molecule has 1 atom stereocenters. The molecule has 3 rings (SSSR count). The molecule has 0 amide bonds. The van der Waals surface area contributed by atoms with Crippen LogP contribution in [0.2, 0.25) is 10.0 Å². The van der Waals surface area contributed by atoms with Crippen LogP contribution in [0.5, 0.6) is 0 Å². The van der Waals surface area contributed by atoms with E-state index >= 15 is 0 Å². The van der Waals surface area contributed by atoms with Crippen LogP contribution in [-0.2, 0) is 16.6 Å². The topological polar surface area (TPSA) is 58.9 Å². The maximum absolute atomic E-state index is 14.0. The van der Waals surface area contributed by atoms with Gasteiger partial charge in [0.25, 0.3) is 5.60 Å². The number of alkyl halides is 6. The van der Waals surface area contributed by atoms with Crippen molar-refractivity contribution >= 4 is 34.9 Å². The lowest BCUT2D eigenvalue weighted by atomic mass is 9.86. The first-order valence-corrected chi connectivity index (χ1v) is 8.84. The van der Waals surface area contributed by atoms with E-state index in [1.54, 1.807) is 0 Å². The van der Waals surface area contributed by atoms with E-state index in [1.807, 2.05) is 0 Å². The second kappa shape index (κ2) is 7.56. The molecule has 0 fully saturated rings. The van der Waals surface area contributed by atoms with Gasteiger partial charge in [0.1, 0.15) is 0 Å². The molecular formula is C18H8Cl2F7NO3. The number of aromatic carboxylic acids is 1. The van der Waals surface area contributed by atoms with E-state index in [4.69, 9.17) is 28.3 Å². The zero-order valence-electron chi connectivity index (χ0n) is 14.7. The van der Waals surface area contributed by atoms with Crippen LogP contribution in [0.1, 0.15) is 33.5 Å². The van der Waals surface area contributed by atoms with E-state index in [9.17, 15) is 35.5 Å². The molecule has 0 spiro atoms. The van der Waals surface area contributed by atoms with Crippen molar-refractivity contribution in [2.75, 3.05) is 0 Å². The second-order valence-corrected chi connectivity index (χ2v) is 7.26. The van der Waals surface area contributed by atoms with E-state index < -0.39 is 74.2 Å². The van der Waals surface area contributed by atoms with Crippen molar-refractivity contribution in [1.82, 2.24) is 0 Å². The minimum Gasteiger partial charge on any atom is -0.478 e. The van der Waals surface area contributed by atoms with Gasteiger partial charge >= 0.3 is 18.3 Å². The highest BCUT2D eigenvalue weighted by Crippen LogP contribution is 2.50. The Labute approximate surface area is 178 Å². The summed E-state index contributed by atoms with van der Waals surface area (Å²) >= 11 is 11.2. The van der Waals surface area contributed by atoms with Crippen molar-refractivity contribution in [2.45, 2.75) is 24.4 Å². The summed E-state index contributed by atoms with van der Waals surface area (Å²) in [4.78, 5) is 15.7. The highest BCUT2D eigenvalue weighted by atomic mass is 35.5. The minimum absolute atomic E-state index is 0.364. The van der Waals surface area contributed by atoms with Gasteiger partial charge < -0.3 is 9.94 Å². The average molecular weight is 490 g/mol. The number of hydrogen-bond donors (Lipinski definition) is 1. The van der Waals surface area contributed by atoms with Crippen molar-refractivity contribution in [1.29, 1.82) is 0 Å². The Morgan fingerprint density at radius 3 is 2.13 bits per heavy atom. The molecule has 1 aliphatic heterocycles. The predicted octanol–water partition coefficient (Wildman–Crippen LogP) is 6.43. The zero-order valence-corrected chi connectivity index (χ0v) is 16.2. The smallest absolute Gasteiger partial charge is 0.435 e. The number of rotatable bonds is 3. The molecule has 1 unspecified atom stereocenters. The van der Waals surface area contributed by atoms with Gasteiger partial charge in [-0.25, -0.2) is 9.18 Å². The van der Waals surface area contributed by atoms with Crippen LogP contribution in [0.4, 0.5) is 30.7 Å². The van der Waals surface area contributed by atoms with Crippen molar-refractivity contribution < 1.29 is 45.5 Å². The van der Waals surface area contributed by atoms with Gasteiger partial charge in [-0.1, -0.05) is 34.4 Å². The van der Waals surface area contributed by atoms with Crippen molar-refractivity contribution in [2.24, 2.45) is 5.16 Å². The molecule has 0 radical (unpaired) electrons. The standard InChI is InChI=1S/C18H8Cl2F7NO3/c19-11-4-8(5-12(20)14(11)21)16(18(25,26)27)6-13(28-31-16)7-1-2-9(15(29)30)10(3-7)17(22,23)24/h1-5H,6H2,(H,29,30). The van der Waals surface area contributed by atoms with Gasteiger partial charge in [0, 0.05) is 17.5 Å². The monoisotopic (exact) mass is 489 g/mol. The minimum atomic E-state index is -5.16. The molecular weight excluding hydrogens is 482 g/mol. The van der Waals surface area contributed by atoms with Gasteiger partial charge in [-0.3, -0.25) is 0 Å². The maximum Gasteiger partial charge on any atom is 0.435 e. The number of nitrogens with zero attached hydrogens (tertiary/aromatic N) is 1. The lowest BCUT2D eigenvalue weighted by Gasteiger charge is -2.29. The Morgan fingerprint density at radius 1 is 1.06 bits per heavy atom. The molecule has 31 heavy (non-hydrogen) atoms. The predicted molar refractivity (Wildman–Crippen MR) is 94.8 cm³/mol. The van der Waals surface area contributed by atoms with Crippen LogP contribution in [-0.4, -0.2) is 23.0 Å². The average Bonchev–Trinajstić information content (AvgIpc) is 3.11. The molecule has 13 heteroatoms. The molecule has 1 heterocycles. The molecule has 1 aliphatic rings. The summed E-state index contributed by atoms with van der Waals surface area (Å²) in [5.41, 5.74) is -7.56. The molecule has 0 bridgehead atoms. The molecule has 0 saturated carbocycles. The van der Waals surface area contributed by atoms with Crippen LogP contribution in [0.15, 0.2) is 35.5 Å². The van der Waals surface area contributed by atoms with Gasteiger partial charge in [0.15, 0.2) is 5.82 Å². The molecule has 166 valence electrons. The number of benzene rings is 2. The fourth-order valence-electron chi connectivity index (χ4n) is 2.99. The number of carbonyl (C=O) groups is 1. The van der Waals surface area contributed by atoms with Gasteiger partial charge in [0.2, 0.25) is 0 Å². The Bertz CT molecular complexity index is 1080. The Morgan fingerprint density at radius 2 is 1.65 bits per heavy atom. The Hall–Kier alpha value is -2.53. The van der Waals surface area contributed by atoms with Gasteiger partial charge in [0.05, 0.1) is 26.9 Å². The normalized spacial score (nSPS) is 19.2. The van der Waals surface area contributed by atoms with Gasteiger partial charge in [-0.2, -0.15) is 26.3 Å². The maximum atomic E-state index is 14.0. The largest absolute Gasteiger partial charge is 0.478 e. The van der Waals surface area contributed by atoms with Crippen LogP contribution < -0.4 is 0 Å². The summed E-state index contributed by atoms with van der Waals surface area (Å²) in [5.74, 6) is -3.04. The lowest BCUT2D eigenvalue weighted by Crippen LogP contribution is -2.42. The van der Waals surface area contributed by atoms with E-state index in [-0.39, 0.29) is 0 Å². The Balaban J connectivity index is 2.09. The summed E-state index contributed by atoms with van der Waals surface area (Å²) in [6.07, 6.45) is -11.3. The summed E-state index contributed by atoms with van der Waals surface area (Å²) < 4.78 is 95.2. The molecule has 2 aromatic carbocycles. The first-order chi connectivity index (χ1) is 14.2. The van der Waals surface area contributed by atoms with E-state index in [2.05, 4.69) is 9.99 Å². The quantitative estimate of drug-likeness (QED) is 0.399. The molecule has 1 N–H and O–H groups in total. The summed E-state index contributed by atoms with van der Waals surface area (Å²) in [6.45, 7) is 0. The highest BCUT2D eigenvalue weighted by molar-refractivity contribution is 6.35. The van der Waals surface area contributed by atoms with E-state index in [1.165, 1.54) is 0 Å². The second-order valence-electron chi connectivity index (χ2n) is 6.45. The Kier molecular flexibility index (Phi) is 5.64. The number of halogens is 9. The van der Waals surface area contributed by atoms with Gasteiger partial charge in [-0.05, 0) is 24.3 Å². The summed E-state index contributed by atoms with van der Waals surface area (Å²) in [7, 11) is 0. The van der Waals surface area contributed by atoms with Crippen molar-refractivity contribution in [3.63, 3.8) is 0 Å². The van der Waals surface area contributed by atoms with Crippen molar-refractivity contribution in [3.8, 4) is 0 Å². The van der Waals surface area contributed by atoms with E-state index in [0.29, 0.717) is 24.3 Å². The third-order valence-electron chi connectivity index (χ3n) is 4.52. The first kappa shape index (κ1) is 23.1. The molecule has 4 nitrogen and oxygen atoms in total. The molecule has 2 aromatic rings. The first-order valence-electron chi connectivity index (χ1n) is 8.09.